The van der Waals surface area contributed by atoms with Gasteiger partial charge in [-0.25, -0.2) is 0 Å². The van der Waals surface area contributed by atoms with E-state index in [0.29, 0.717) is 0 Å². The van der Waals surface area contributed by atoms with Gasteiger partial charge in [0.2, 0.25) is 0 Å². The summed E-state index contributed by atoms with van der Waals surface area (Å²) in [5.74, 6) is -0.381. The fraction of sp³-hybridized carbons (Fsp3) is 0.667. The summed E-state index contributed by atoms with van der Waals surface area (Å²) in [6, 6.07) is -0.625. The number of hydrogen-bond donors (Lipinski definition) is 1. The minimum absolute atomic E-state index is 0.314. The first-order chi connectivity index (χ1) is 7.12. The summed E-state index contributed by atoms with van der Waals surface area (Å²) < 4.78 is 6.32. The van der Waals surface area contributed by atoms with Crippen molar-refractivity contribution in [1.82, 2.24) is 15.0 Å². The summed E-state index contributed by atoms with van der Waals surface area (Å²) in [6.45, 7) is 0. The van der Waals surface area contributed by atoms with Crippen LogP contribution in [0.2, 0.25) is 0 Å². The molecule has 0 bridgehead atoms. The van der Waals surface area contributed by atoms with Gasteiger partial charge in [0.05, 0.1) is 19.0 Å². The molecule has 1 aliphatic rings. The molecule has 1 unspecified atom stereocenters. The van der Waals surface area contributed by atoms with Gasteiger partial charge in [-0.1, -0.05) is 5.21 Å². The molecule has 15 heavy (non-hydrogen) atoms. The molecule has 1 aromatic heterocycles. The number of carbonyl (C=O) groups is 1. The Bertz CT molecular complexity index is 383. The Kier molecular flexibility index (Phi) is 2.22. The third-order valence-corrected chi connectivity index (χ3v) is 3.06. The predicted octanol–water partition coefficient (Wildman–Crippen LogP) is -0.653. The molecular formula is C9H14N4O2. The van der Waals surface area contributed by atoms with E-state index in [-0.39, 0.29) is 11.4 Å². The number of ether oxygens (including phenoxy) is 1. The zero-order chi connectivity index (χ0) is 11.1. The van der Waals surface area contributed by atoms with E-state index >= 15 is 0 Å². The first-order valence-corrected chi connectivity index (χ1v) is 4.80. The van der Waals surface area contributed by atoms with E-state index in [1.807, 2.05) is 0 Å². The predicted molar refractivity (Wildman–Crippen MR) is 51.9 cm³/mol. The molecule has 1 fully saturated rings. The number of nitrogens with two attached hydrogens (primary N) is 1. The molecule has 6 heteroatoms. The minimum Gasteiger partial charge on any atom is -0.468 e. The molecule has 82 valence electrons. The molecule has 0 amide bonds. The number of hydrogen-bond acceptors (Lipinski definition) is 5. The van der Waals surface area contributed by atoms with Crippen molar-refractivity contribution in [2.75, 3.05) is 7.11 Å². The monoisotopic (exact) mass is 210 g/mol. The Labute approximate surface area is 87.4 Å². The number of carbonyl (C=O) groups excluding carboxylic acids is 1. The number of methoxy groups -OCH3 is 1. The van der Waals surface area contributed by atoms with Crippen LogP contribution in [-0.4, -0.2) is 34.1 Å². The molecule has 1 aliphatic carbocycles. The van der Waals surface area contributed by atoms with Gasteiger partial charge in [0.1, 0.15) is 6.04 Å². The Balaban J connectivity index is 2.28. The molecule has 0 spiro atoms. The molecule has 1 atom stereocenters. The van der Waals surface area contributed by atoms with Crippen LogP contribution in [0.15, 0.2) is 6.20 Å². The third-order valence-electron chi connectivity index (χ3n) is 3.06. The van der Waals surface area contributed by atoms with Gasteiger partial charge in [0.25, 0.3) is 0 Å². The van der Waals surface area contributed by atoms with Crippen LogP contribution < -0.4 is 5.73 Å². The molecule has 0 aliphatic heterocycles. The maximum absolute atomic E-state index is 11.4. The molecule has 0 aromatic carbocycles. The molecule has 2 rings (SSSR count). The zero-order valence-electron chi connectivity index (χ0n) is 8.80. The molecule has 1 saturated carbocycles. The summed E-state index contributed by atoms with van der Waals surface area (Å²) in [4.78, 5) is 11.4. The maximum Gasteiger partial charge on any atom is 0.323 e. The molecule has 0 radical (unpaired) electrons. The van der Waals surface area contributed by atoms with Crippen LogP contribution in [0.4, 0.5) is 0 Å². The van der Waals surface area contributed by atoms with Crippen molar-refractivity contribution in [2.45, 2.75) is 24.3 Å². The second-order valence-electron chi connectivity index (χ2n) is 3.90. The average molecular weight is 210 g/mol. The van der Waals surface area contributed by atoms with E-state index in [4.69, 9.17) is 5.73 Å². The molecule has 1 heterocycles. The summed E-state index contributed by atoms with van der Waals surface area (Å²) in [5, 5.41) is 7.65. The van der Waals surface area contributed by atoms with Gasteiger partial charge in [0, 0.05) is 12.5 Å². The van der Waals surface area contributed by atoms with Gasteiger partial charge in [-0.05, 0) is 12.8 Å². The summed E-state index contributed by atoms with van der Waals surface area (Å²) in [5.41, 5.74) is 6.47. The Morgan fingerprint density at radius 3 is 2.80 bits per heavy atom. The first kappa shape index (κ1) is 10.1. The number of rotatable bonds is 3. The van der Waals surface area contributed by atoms with Crippen LogP contribution in [0.5, 0.6) is 0 Å². The number of esters is 1. The lowest BCUT2D eigenvalue weighted by Gasteiger charge is -2.20. The van der Waals surface area contributed by atoms with Gasteiger partial charge in [-0.2, -0.15) is 0 Å². The largest absolute Gasteiger partial charge is 0.468 e. The second-order valence-corrected chi connectivity index (χ2v) is 3.90. The fourth-order valence-corrected chi connectivity index (χ4v) is 1.95. The van der Waals surface area contributed by atoms with E-state index in [1.54, 1.807) is 17.9 Å². The maximum atomic E-state index is 11.4. The quantitative estimate of drug-likeness (QED) is 0.670. The third kappa shape index (κ3) is 1.41. The summed E-state index contributed by atoms with van der Waals surface area (Å²) in [7, 11) is 3.15. The number of nitrogens with zero attached hydrogens (tertiary/aromatic N) is 3. The molecular weight excluding hydrogens is 196 g/mol. The van der Waals surface area contributed by atoms with Crippen molar-refractivity contribution >= 4 is 5.97 Å². The average Bonchev–Trinajstić information content (AvgIpc) is 2.94. The number of aromatic nitrogens is 3. The SMILES string of the molecule is COC(=O)C(N)C1(c2cnnn2C)CC1. The van der Waals surface area contributed by atoms with Crippen LogP contribution in [0.1, 0.15) is 18.5 Å². The lowest BCUT2D eigenvalue weighted by atomic mass is 9.93. The normalized spacial score (nSPS) is 19.7. The lowest BCUT2D eigenvalue weighted by Crippen LogP contribution is -2.43. The van der Waals surface area contributed by atoms with Crippen LogP contribution in [0.3, 0.4) is 0 Å². The Morgan fingerprint density at radius 1 is 1.73 bits per heavy atom. The van der Waals surface area contributed by atoms with Crippen LogP contribution in [0.25, 0.3) is 0 Å². The second kappa shape index (κ2) is 3.30. The van der Waals surface area contributed by atoms with Crippen molar-refractivity contribution in [3.8, 4) is 0 Å². The van der Waals surface area contributed by atoms with Gasteiger partial charge >= 0.3 is 5.97 Å². The van der Waals surface area contributed by atoms with E-state index in [2.05, 4.69) is 15.0 Å². The van der Waals surface area contributed by atoms with Crippen LogP contribution in [0, 0.1) is 0 Å². The van der Waals surface area contributed by atoms with Gasteiger partial charge in [0.15, 0.2) is 0 Å². The van der Waals surface area contributed by atoms with Gasteiger partial charge in [-0.3, -0.25) is 9.48 Å². The molecule has 2 N–H and O–H groups in total. The van der Waals surface area contributed by atoms with Crippen molar-refractivity contribution in [2.24, 2.45) is 12.8 Å². The highest BCUT2D eigenvalue weighted by Crippen LogP contribution is 2.50. The first-order valence-electron chi connectivity index (χ1n) is 4.80. The minimum atomic E-state index is -0.625. The summed E-state index contributed by atoms with van der Waals surface area (Å²) >= 11 is 0. The highest BCUT2D eigenvalue weighted by atomic mass is 16.5. The zero-order valence-corrected chi connectivity index (χ0v) is 8.80. The van der Waals surface area contributed by atoms with E-state index in [0.717, 1.165) is 18.5 Å². The number of aryl methyl sites for hydroxylation is 1. The van der Waals surface area contributed by atoms with E-state index in [1.165, 1.54) is 7.11 Å². The van der Waals surface area contributed by atoms with E-state index in [9.17, 15) is 4.79 Å². The van der Waals surface area contributed by atoms with Gasteiger partial charge < -0.3 is 10.5 Å². The Hall–Kier alpha value is -1.43. The van der Waals surface area contributed by atoms with Crippen LogP contribution >= 0.6 is 0 Å². The molecule has 1 aromatic rings. The van der Waals surface area contributed by atoms with Crippen molar-refractivity contribution < 1.29 is 9.53 Å². The van der Waals surface area contributed by atoms with Crippen LogP contribution in [-0.2, 0) is 22.0 Å². The van der Waals surface area contributed by atoms with Crippen molar-refractivity contribution in [3.05, 3.63) is 11.9 Å². The lowest BCUT2D eigenvalue weighted by molar-refractivity contribution is -0.143. The highest BCUT2D eigenvalue weighted by molar-refractivity contribution is 5.78. The topological polar surface area (TPSA) is 83.0 Å². The smallest absolute Gasteiger partial charge is 0.323 e. The molecule has 0 saturated heterocycles. The standard InChI is InChI=1S/C9H14N4O2/c1-13-6(5-11-12-13)9(3-4-9)7(10)8(14)15-2/h5,7H,3-4,10H2,1-2H3. The van der Waals surface area contributed by atoms with Gasteiger partial charge in [-0.15, -0.1) is 5.10 Å². The van der Waals surface area contributed by atoms with E-state index < -0.39 is 6.04 Å². The highest BCUT2D eigenvalue weighted by Gasteiger charge is 2.54. The summed E-state index contributed by atoms with van der Waals surface area (Å²) in [6.07, 6.45) is 3.42. The van der Waals surface area contributed by atoms with Crippen molar-refractivity contribution in [3.63, 3.8) is 0 Å². The molecule has 6 nitrogen and oxygen atoms in total. The Morgan fingerprint density at radius 2 is 2.40 bits per heavy atom. The fourth-order valence-electron chi connectivity index (χ4n) is 1.95. The van der Waals surface area contributed by atoms with Crippen molar-refractivity contribution in [1.29, 1.82) is 0 Å².